The van der Waals surface area contributed by atoms with Crippen LogP contribution in [-0.2, 0) is 13.0 Å². The highest BCUT2D eigenvalue weighted by Gasteiger charge is 2.35. The second kappa shape index (κ2) is 4.91. The highest BCUT2D eigenvalue weighted by atomic mass is 16.3. The third-order valence-electron chi connectivity index (χ3n) is 5.33. The molecule has 0 saturated heterocycles. The van der Waals surface area contributed by atoms with Crippen molar-refractivity contribution in [2.45, 2.75) is 74.0 Å². The number of nitrogens with zero attached hydrogens (tertiary/aromatic N) is 1. The number of aryl methyl sites for hydroxylation is 1. The molecule has 2 heteroatoms. The summed E-state index contributed by atoms with van der Waals surface area (Å²) in [6, 6.07) is 2.20. The van der Waals surface area contributed by atoms with E-state index < -0.39 is 0 Å². The number of aromatic nitrogens is 1. The van der Waals surface area contributed by atoms with Gasteiger partial charge in [-0.2, -0.15) is 0 Å². The van der Waals surface area contributed by atoms with Gasteiger partial charge in [0.25, 0.3) is 0 Å². The van der Waals surface area contributed by atoms with Crippen LogP contribution in [0, 0.1) is 23.7 Å². The van der Waals surface area contributed by atoms with Crippen LogP contribution in [0.5, 0.6) is 0 Å². The fourth-order valence-electron chi connectivity index (χ4n) is 3.21. The lowest BCUT2D eigenvalue weighted by Crippen LogP contribution is -2.31. The van der Waals surface area contributed by atoms with Crippen molar-refractivity contribution < 1.29 is 5.11 Å². The quantitative estimate of drug-likeness (QED) is 0.865. The van der Waals surface area contributed by atoms with Crippen LogP contribution in [-0.4, -0.2) is 9.67 Å². The van der Waals surface area contributed by atoms with E-state index in [4.69, 9.17) is 0 Å². The molecular weight excluding hydrogens is 246 g/mol. The summed E-state index contributed by atoms with van der Waals surface area (Å²) in [6.45, 7) is 17.0. The van der Waals surface area contributed by atoms with E-state index in [-0.39, 0.29) is 16.9 Å². The van der Waals surface area contributed by atoms with Gasteiger partial charge in [0, 0.05) is 23.5 Å². The minimum absolute atomic E-state index is 0.191. The van der Waals surface area contributed by atoms with Crippen LogP contribution in [0.2, 0.25) is 0 Å². The Hall–Kier alpha value is -0.760. The average Bonchev–Trinajstić information content (AvgIpc) is 2.55. The van der Waals surface area contributed by atoms with Gasteiger partial charge in [-0.3, -0.25) is 0 Å². The molecule has 0 aliphatic heterocycles. The Morgan fingerprint density at radius 3 is 2.55 bits per heavy atom. The van der Waals surface area contributed by atoms with Gasteiger partial charge < -0.3 is 9.67 Å². The molecule has 114 valence electrons. The molecule has 1 aliphatic rings. The Bertz CT molecular complexity index is 494. The molecule has 1 heterocycles. The van der Waals surface area contributed by atoms with Crippen LogP contribution < -0.4 is 0 Å². The first-order chi connectivity index (χ1) is 9.03. The highest BCUT2D eigenvalue weighted by molar-refractivity contribution is 5.33. The molecule has 1 N–H and O–H groups in total. The lowest BCUT2D eigenvalue weighted by molar-refractivity contribution is 0.0963. The van der Waals surface area contributed by atoms with Crippen molar-refractivity contribution in [1.29, 1.82) is 0 Å². The Kier molecular flexibility index (Phi) is 3.83. The summed E-state index contributed by atoms with van der Waals surface area (Å²) in [6.07, 6.45) is 1.65. The normalized spacial score (nSPS) is 22.1. The van der Waals surface area contributed by atoms with Crippen molar-refractivity contribution in [3.05, 3.63) is 23.0 Å². The van der Waals surface area contributed by atoms with Gasteiger partial charge in [-0.25, -0.2) is 0 Å². The van der Waals surface area contributed by atoms with E-state index in [2.05, 4.69) is 59.1 Å². The molecule has 2 nitrogen and oxygen atoms in total. The Morgan fingerprint density at radius 2 is 2.00 bits per heavy atom. The topological polar surface area (TPSA) is 25.2 Å². The van der Waals surface area contributed by atoms with E-state index in [0.717, 1.165) is 19.4 Å². The van der Waals surface area contributed by atoms with Gasteiger partial charge in [0.2, 0.25) is 0 Å². The minimum atomic E-state index is -0.295. The maximum absolute atomic E-state index is 10.4. The smallest absolute Gasteiger partial charge is 0.0812 e. The fraction of sp³-hybridized carbons (Fsp3) is 0.778. The van der Waals surface area contributed by atoms with E-state index in [9.17, 15) is 5.11 Å². The molecule has 0 spiro atoms. The van der Waals surface area contributed by atoms with Crippen LogP contribution in [0.3, 0.4) is 0 Å². The van der Waals surface area contributed by atoms with E-state index >= 15 is 0 Å². The van der Waals surface area contributed by atoms with Crippen LogP contribution in [0.15, 0.2) is 6.07 Å². The summed E-state index contributed by atoms with van der Waals surface area (Å²) < 4.78 is 2.46. The van der Waals surface area contributed by atoms with E-state index in [1.165, 1.54) is 17.0 Å². The van der Waals surface area contributed by atoms with Gasteiger partial charge in [0.05, 0.1) is 6.10 Å². The minimum Gasteiger partial charge on any atom is -0.388 e. The second-order valence-electron chi connectivity index (χ2n) is 8.48. The Morgan fingerprint density at radius 1 is 1.40 bits per heavy atom. The first-order valence-electron chi connectivity index (χ1n) is 7.90. The predicted molar refractivity (Wildman–Crippen MR) is 84.8 cm³/mol. The van der Waals surface area contributed by atoms with Crippen LogP contribution in [0.1, 0.15) is 71.0 Å². The van der Waals surface area contributed by atoms with E-state index in [1.54, 1.807) is 0 Å². The zero-order valence-corrected chi connectivity index (χ0v) is 14.2. The SMILES string of the molecule is Cc1cc2c(n1CC(C)(C)C(C)C)CC(C)(C)CC2O. The van der Waals surface area contributed by atoms with Gasteiger partial charge in [0.1, 0.15) is 0 Å². The predicted octanol–water partition coefficient (Wildman–Crippen LogP) is 4.48. The molecule has 0 aromatic carbocycles. The zero-order chi connectivity index (χ0) is 15.3. The fourth-order valence-corrected chi connectivity index (χ4v) is 3.21. The monoisotopic (exact) mass is 277 g/mol. The average molecular weight is 277 g/mol. The van der Waals surface area contributed by atoms with Crippen molar-refractivity contribution >= 4 is 0 Å². The molecule has 1 aromatic rings. The Labute approximate surface area is 124 Å². The molecule has 2 rings (SSSR count). The molecule has 1 aromatic heterocycles. The van der Waals surface area contributed by atoms with Gasteiger partial charge in [-0.15, -0.1) is 0 Å². The van der Waals surface area contributed by atoms with Crippen molar-refractivity contribution in [2.75, 3.05) is 0 Å². The number of aliphatic hydroxyl groups is 1. The van der Waals surface area contributed by atoms with Crippen molar-refractivity contribution in [1.82, 2.24) is 4.57 Å². The first kappa shape index (κ1) is 15.6. The van der Waals surface area contributed by atoms with Crippen molar-refractivity contribution in [3.63, 3.8) is 0 Å². The summed E-state index contributed by atoms with van der Waals surface area (Å²) in [4.78, 5) is 0. The summed E-state index contributed by atoms with van der Waals surface area (Å²) in [5.74, 6) is 0.640. The summed E-state index contributed by atoms with van der Waals surface area (Å²) in [5, 5.41) is 10.4. The molecule has 1 atom stereocenters. The maximum atomic E-state index is 10.4. The summed E-state index contributed by atoms with van der Waals surface area (Å²) >= 11 is 0. The zero-order valence-electron chi connectivity index (χ0n) is 14.2. The van der Waals surface area contributed by atoms with Crippen LogP contribution >= 0.6 is 0 Å². The van der Waals surface area contributed by atoms with Crippen molar-refractivity contribution in [2.24, 2.45) is 16.7 Å². The standard InChI is InChI=1S/C18H31NO/c1-12(2)18(6,7)11-19-13(3)8-14-15(19)9-17(4,5)10-16(14)20/h8,12,16,20H,9-11H2,1-7H3. The number of hydrogen-bond donors (Lipinski definition) is 1. The van der Waals surface area contributed by atoms with E-state index in [0.29, 0.717) is 5.92 Å². The van der Waals surface area contributed by atoms with Gasteiger partial charge in [-0.05, 0) is 42.6 Å². The largest absolute Gasteiger partial charge is 0.388 e. The molecule has 0 bridgehead atoms. The van der Waals surface area contributed by atoms with Gasteiger partial charge in [0.15, 0.2) is 0 Å². The third kappa shape index (κ3) is 2.81. The molecular formula is C18H31NO. The molecule has 1 unspecified atom stereocenters. The number of rotatable bonds is 3. The lowest BCUT2D eigenvalue weighted by Gasteiger charge is -2.36. The van der Waals surface area contributed by atoms with Gasteiger partial charge >= 0.3 is 0 Å². The molecule has 0 fully saturated rings. The maximum Gasteiger partial charge on any atom is 0.0812 e. The second-order valence-corrected chi connectivity index (χ2v) is 8.48. The summed E-state index contributed by atoms with van der Waals surface area (Å²) in [5.41, 5.74) is 4.28. The van der Waals surface area contributed by atoms with E-state index in [1.807, 2.05) is 0 Å². The van der Waals surface area contributed by atoms with Crippen LogP contribution in [0.25, 0.3) is 0 Å². The van der Waals surface area contributed by atoms with Crippen LogP contribution in [0.4, 0.5) is 0 Å². The van der Waals surface area contributed by atoms with Gasteiger partial charge in [-0.1, -0.05) is 41.5 Å². The number of fused-ring (bicyclic) bond motifs is 1. The summed E-state index contributed by atoms with van der Waals surface area (Å²) in [7, 11) is 0. The number of aliphatic hydroxyl groups excluding tert-OH is 1. The van der Waals surface area contributed by atoms with Crippen molar-refractivity contribution in [3.8, 4) is 0 Å². The third-order valence-corrected chi connectivity index (χ3v) is 5.33. The highest BCUT2D eigenvalue weighted by Crippen LogP contribution is 2.43. The first-order valence-corrected chi connectivity index (χ1v) is 7.90. The molecule has 1 aliphatic carbocycles. The lowest BCUT2D eigenvalue weighted by atomic mass is 9.75. The molecule has 0 amide bonds. The Balaban J connectivity index is 2.42. The molecule has 20 heavy (non-hydrogen) atoms. The molecule has 0 saturated carbocycles. The molecule has 0 radical (unpaired) electrons. The number of hydrogen-bond acceptors (Lipinski definition) is 1.